The van der Waals surface area contributed by atoms with Gasteiger partial charge in [0.1, 0.15) is 29.7 Å². The van der Waals surface area contributed by atoms with E-state index in [1.54, 1.807) is 9.25 Å². The van der Waals surface area contributed by atoms with Crippen LogP contribution in [0.3, 0.4) is 0 Å². The SMILES string of the molecule is Cc1cccc2nc([C@H](C)n3nc(-c4cnn(C(F)F)c4)c4c(N)ncnc43)n(C3CC3)c(=O)c12. The summed E-state index contributed by atoms with van der Waals surface area (Å²) >= 11 is 0. The molecule has 1 saturated carbocycles. The number of aromatic nitrogens is 8. The van der Waals surface area contributed by atoms with Crippen LogP contribution in [-0.4, -0.2) is 39.1 Å². The molecule has 35 heavy (non-hydrogen) atoms. The molecule has 4 heterocycles. The van der Waals surface area contributed by atoms with Crippen molar-refractivity contribution in [1.29, 1.82) is 0 Å². The van der Waals surface area contributed by atoms with E-state index in [2.05, 4.69) is 15.1 Å². The topological polar surface area (TPSA) is 122 Å². The number of halogens is 2. The fraction of sp³-hybridized carbons (Fsp3) is 0.304. The van der Waals surface area contributed by atoms with Crippen molar-refractivity contribution >= 4 is 27.8 Å². The second kappa shape index (κ2) is 7.65. The molecule has 0 bridgehead atoms. The standard InChI is InChI=1S/C23H21F2N9O/c1-11-4-3-5-15-16(11)22(35)33(14-6-7-14)20(30-15)12(2)34-21-17(19(26)27-10-28-21)18(31-34)13-8-29-32(9-13)23(24)25/h3-5,8-10,12,14,23H,6-7H2,1-2H3,(H2,26,27,28)/t12-/m0/s1. The Morgan fingerprint density at radius 2 is 1.97 bits per heavy atom. The molecule has 178 valence electrons. The first kappa shape index (κ1) is 21.3. The molecule has 1 aliphatic carbocycles. The van der Waals surface area contributed by atoms with Crippen molar-refractivity contribution in [3.8, 4) is 11.3 Å². The first-order valence-electron chi connectivity index (χ1n) is 11.2. The fourth-order valence-corrected chi connectivity index (χ4v) is 4.55. The van der Waals surface area contributed by atoms with Gasteiger partial charge in [0.2, 0.25) is 0 Å². The van der Waals surface area contributed by atoms with E-state index in [9.17, 15) is 13.6 Å². The van der Waals surface area contributed by atoms with Gasteiger partial charge in [0.05, 0.1) is 22.5 Å². The Kier molecular flexibility index (Phi) is 4.66. The van der Waals surface area contributed by atoms with Gasteiger partial charge >= 0.3 is 6.55 Å². The van der Waals surface area contributed by atoms with E-state index in [0.717, 1.165) is 18.4 Å². The summed E-state index contributed by atoms with van der Waals surface area (Å²) in [5.41, 5.74) is 8.65. The van der Waals surface area contributed by atoms with Crippen LogP contribution >= 0.6 is 0 Å². The van der Waals surface area contributed by atoms with Crippen molar-refractivity contribution in [2.45, 2.75) is 45.3 Å². The van der Waals surface area contributed by atoms with E-state index in [-0.39, 0.29) is 17.4 Å². The number of fused-ring (bicyclic) bond motifs is 2. The number of hydrogen-bond donors (Lipinski definition) is 1. The molecule has 1 aromatic carbocycles. The molecule has 0 unspecified atom stereocenters. The Balaban J connectivity index is 1.59. The molecule has 6 rings (SSSR count). The molecule has 2 N–H and O–H groups in total. The summed E-state index contributed by atoms with van der Waals surface area (Å²) in [6, 6.07) is 5.16. The monoisotopic (exact) mass is 477 g/mol. The third kappa shape index (κ3) is 3.27. The molecular weight excluding hydrogens is 456 g/mol. The van der Waals surface area contributed by atoms with E-state index in [0.29, 0.717) is 43.7 Å². The number of hydrogen-bond acceptors (Lipinski definition) is 7. The minimum Gasteiger partial charge on any atom is -0.383 e. The van der Waals surface area contributed by atoms with E-state index in [4.69, 9.17) is 15.8 Å². The fourth-order valence-electron chi connectivity index (χ4n) is 4.55. The molecule has 5 aromatic rings. The van der Waals surface area contributed by atoms with Gasteiger partial charge in [-0.15, -0.1) is 0 Å². The van der Waals surface area contributed by atoms with Crippen LogP contribution in [0.25, 0.3) is 33.2 Å². The molecule has 0 aliphatic heterocycles. The lowest BCUT2D eigenvalue weighted by molar-refractivity contribution is 0.0566. The third-order valence-corrected chi connectivity index (χ3v) is 6.41. The highest BCUT2D eigenvalue weighted by molar-refractivity contribution is 5.98. The summed E-state index contributed by atoms with van der Waals surface area (Å²) in [7, 11) is 0. The predicted octanol–water partition coefficient (Wildman–Crippen LogP) is 3.63. The smallest absolute Gasteiger partial charge is 0.333 e. The quantitative estimate of drug-likeness (QED) is 0.410. The lowest BCUT2D eigenvalue weighted by Crippen LogP contribution is -2.28. The van der Waals surface area contributed by atoms with Crippen LogP contribution in [0.2, 0.25) is 0 Å². The van der Waals surface area contributed by atoms with Crippen LogP contribution in [0.1, 0.15) is 49.8 Å². The van der Waals surface area contributed by atoms with Crippen LogP contribution in [0.15, 0.2) is 41.7 Å². The van der Waals surface area contributed by atoms with E-state index >= 15 is 0 Å². The minimum absolute atomic E-state index is 0.0710. The van der Waals surface area contributed by atoms with Gasteiger partial charge in [-0.1, -0.05) is 12.1 Å². The van der Waals surface area contributed by atoms with Crippen molar-refractivity contribution < 1.29 is 8.78 Å². The van der Waals surface area contributed by atoms with Gasteiger partial charge in [-0.2, -0.15) is 19.0 Å². The molecule has 0 radical (unpaired) electrons. The van der Waals surface area contributed by atoms with Gasteiger partial charge in [0.15, 0.2) is 5.65 Å². The summed E-state index contributed by atoms with van der Waals surface area (Å²) in [4.78, 5) is 26.9. The van der Waals surface area contributed by atoms with Gasteiger partial charge in [0.25, 0.3) is 5.56 Å². The Bertz CT molecular complexity index is 1670. The maximum absolute atomic E-state index is 13.6. The number of rotatable bonds is 5. The normalized spacial score (nSPS) is 14.9. The molecule has 10 nitrogen and oxygen atoms in total. The average molecular weight is 477 g/mol. The van der Waals surface area contributed by atoms with Gasteiger partial charge in [-0.25, -0.2) is 24.3 Å². The zero-order valence-electron chi connectivity index (χ0n) is 18.9. The number of nitrogen functional groups attached to an aromatic ring is 1. The van der Waals surface area contributed by atoms with E-state index in [1.807, 2.05) is 32.0 Å². The van der Waals surface area contributed by atoms with Crippen molar-refractivity contribution in [3.05, 3.63) is 58.7 Å². The third-order valence-electron chi connectivity index (χ3n) is 6.41. The van der Waals surface area contributed by atoms with E-state index < -0.39 is 12.6 Å². The van der Waals surface area contributed by atoms with Crippen molar-refractivity contribution in [2.24, 2.45) is 0 Å². The van der Waals surface area contributed by atoms with Crippen LogP contribution < -0.4 is 11.3 Å². The second-order valence-corrected chi connectivity index (χ2v) is 8.76. The highest BCUT2D eigenvalue weighted by atomic mass is 19.3. The van der Waals surface area contributed by atoms with Crippen molar-refractivity contribution in [1.82, 2.24) is 39.1 Å². The molecule has 1 aliphatic rings. The van der Waals surface area contributed by atoms with Gasteiger partial charge < -0.3 is 5.73 Å². The molecule has 12 heteroatoms. The van der Waals surface area contributed by atoms with Crippen LogP contribution in [0.5, 0.6) is 0 Å². The van der Waals surface area contributed by atoms with E-state index in [1.165, 1.54) is 18.7 Å². The Labute approximate surface area is 197 Å². The Morgan fingerprint density at radius 1 is 1.17 bits per heavy atom. The lowest BCUT2D eigenvalue weighted by atomic mass is 10.1. The summed E-state index contributed by atoms with van der Waals surface area (Å²) in [5.74, 6) is 0.710. The summed E-state index contributed by atoms with van der Waals surface area (Å²) in [6.07, 6.45) is 5.61. The van der Waals surface area contributed by atoms with Gasteiger partial charge in [-0.3, -0.25) is 9.36 Å². The zero-order valence-corrected chi connectivity index (χ0v) is 18.9. The Morgan fingerprint density at radius 3 is 2.69 bits per heavy atom. The van der Waals surface area contributed by atoms with Gasteiger partial charge in [0, 0.05) is 17.8 Å². The van der Waals surface area contributed by atoms with Crippen molar-refractivity contribution in [2.75, 3.05) is 5.73 Å². The molecular formula is C23H21F2N9O. The zero-order chi connectivity index (χ0) is 24.4. The first-order chi connectivity index (χ1) is 16.8. The highest BCUT2D eigenvalue weighted by Crippen LogP contribution is 2.38. The molecule has 1 atom stereocenters. The molecule has 4 aromatic heterocycles. The minimum atomic E-state index is -2.79. The summed E-state index contributed by atoms with van der Waals surface area (Å²) in [5, 5.41) is 9.44. The number of nitrogens with two attached hydrogens (primary N) is 1. The molecule has 0 spiro atoms. The van der Waals surface area contributed by atoms with Crippen LogP contribution in [-0.2, 0) is 0 Å². The lowest BCUT2D eigenvalue weighted by Gasteiger charge is -2.19. The summed E-state index contributed by atoms with van der Waals surface area (Å²) in [6.45, 7) is 0.986. The summed E-state index contributed by atoms with van der Waals surface area (Å²) < 4.78 is 30.2. The maximum atomic E-state index is 13.6. The number of nitrogens with zero attached hydrogens (tertiary/aromatic N) is 8. The Hall–Kier alpha value is -4.22. The number of benzene rings is 1. The van der Waals surface area contributed by atoms with Gasteiger partial charge in [-0.05, 0) is 38.3 Å². The van der Waals surface area contributed by atoms with Crippen molar-refractivity contribution in [3.63, 3.8) is 0 Å². The predicted molar refractivity (Wildman–Crippen MR) is 125 cm³/mol. The number of anilines is 1. The average Bonchev–Trinajstić information content (AvgIpc) is 3.39. The molecule has 0 amide bonds. The molecule has 0 saturated heterocycles. The molecule has 1 fully saturated rings. The number of aryl methyl sites for hydroxylation is 1. The largest absolute Gasteiger partial charge is 0.383 e. The van der Waals surface area contributed by atoms with Crippen LogP contribution in [0.4, 0.5) is 14.6 Å². The van der Waals surface area contributed by atoms with Crippen LogP contribution in [0, 0.1) is 6.92 Å². The second-order valence-electron chi connectivity index (χ2n) is 8.76. The maximum Gasteiger partial charge on any atom is 0.333 e. The number of alkyl halides is 2. The first-order valence-corrected chi connectivity index (χ1v) is 11.2. The highest BCUT2D eigenvalue weighted by Gasteiger charge is 2.32.